The second-order valence-electron chi connectivity index (χ2n) is 6.30. The van der Waals surface area contributed by atoms with Gasteiger partial charge in [0.1, 0.15) is 5.25 Å². The predicted molar refractivity (Wildman–Crippen MR) is 104 cm³/mol. The van der Waals surface area contributed by atoms with Crippen molar-refractivity contribution in [2.45, 2.75) is 30.4 Å². The molecular formula is C18H19BrN4O2S. The molecule has 2 aliphatic rings. The highest BCUT2D eigenvalue weighted by Gasteiger charge is 2.41. The van der Waals surface area contributed by atoms with Crippen LogP contribution in [0.3, 0.4) is 0 Å². The second-order valence-corrected chi connectivity index (χ2v) is 8.40. The smallest absolute Gasteiger partial charge is 0.324 e. The van der Waals surface area contributed by atoms with Crippen molar-refractivity contribution in [3.8, 4) is 6.07 Å². The molecule has 2 aliphatic heterocycles. The van der Waals surface area contributed by atoms with Crippen molar-refractivity contribution in [1.29, 1.82) is 5.26 Å². The average Bonchev–Trinajstić information content (AvgIpc) is 2.99. The summed E-state index contributed by atoms with van der Waals surface area (Å²) in [5.74, 6) is -0.876. The topological polar surface area (TPSA) is 99.2 Å². The number of carbonyl (C=O) groups excluding carboxylic acids is 2. The summed E-state index contributed by atoms with van der Waals surface area (Å²) in [6.07, 6.45) is 3.01. The number of nitrogens with two attached hydrogens (primary N) is 1. The first-order valence-corrected chi connectivity index (χ1v) is 10.1. The minimum Gasteiger partial charge on any atom is -0.393 e. The van der Waals surface area contributed by atoms with Gasteiger partial charge in [-0.15, -0.1) is 0 Å². The van der Waals surface area contributed by atoms with E-state index >= 15 is 0 Å². The molecule has 2 unspecified atom stereocenters. The zero-order valence-corrected chi connectivity index (χ0v) is 16.5. The molecule has 2 atom stereocenters. The molecule has 26 heavy (non-hydrogen) atoms. The lowest BCUT2D eigenvalue weighted by atomic mass is 9.89. The summed E-state index contributed by atoms with van der Waals surface area (Å²) in [5.41, 5.74) is 7.18. The van der Waals surface area contributed by atoms with E-state index in [0.717, 1.165) is 41.1 Å². The molecule has 1 fully saturated rings. The number of hydrogen-bond donors (Lipinski definition) is 2. The van der Waals surface area contributed by atoms with E-state index in [4.69, 9.17) is 5.73 Å². The molecule has 3 rings (SSSR count). The minimum absolute atomic E-state index is 0.339. The standard InChI is InChI=1S/C18H19BrN4O2S/c19-12-6-4-11(5-7-12)14-13(10-20)16(21)26-15(14)17(24)22-18(25)23-8-2-1-3-9-23/h4-7,14-15H,1-3,8-9,21H2,(H,22,24,25). The van der Waals surface area contributed by atoms with Gasteiger partial charge in [-0.1, -0.05) is 39.8 Å². The van der Waals surface area contributed by atoms with Crippen molar-refractivity contribution in [2.24, 2.45) is 5.73 Å². The molecule has 3 N–H and O–H groups in total. The molecule has 6 nitrogen and oxygen atoms in total. The molecule has 8 heteroatoms. The number of likely N-dealkylation sites (tertiary alicyclic amines) is 1. The fraction of sp³-hybridized carbons (Fsp3) is 0.389. The Morgan fingerprint density at radius 3 is 2.50 bits per heavy atom. The van der Waals surface area contributed by atoms with Crippen LogP contribution in [0.4, 0.5) is 4.79 Å². The first-order chi connectivity index (χ1) is 12.5. The molecule has 0 radical (unpaired) electrons. The van der Waals surface area contributed by atoms with E-state index in [1.54, 1.807) is 4.90 Å². The molecule has 3 amide bonds. The average molecular weight is 435 g/mol. The van der Waals surface area contributed by atoms with Gasteiger partial charge in [0.25, 0.3) is 0 Å². The van der Waals surface area contributed by atoms with Crippen LogP contribution in [0.1, 0.15) is 30.7 Å². The zero-order valence-electron chi connectivity index (χ0n) is 14.1. The van der Waals surface area contributed by atoms with Gasteiger partial charge in [0.2, 0.25) is 5.91 Å². The summed E-state index contributed by atoms with van der Waals surface area (Å²) in [4.78, 5) is 26.8. The number of piperidine rings is 1. The molecule has 0 aliphatic carbocycles. The SMILES string of the molecule is N#CC1=C(N)SC(C(=O)NC(=O)N2CCCCC2)C1c1ccc(Br)cc1. The van der Waals surface area contributed by atoms with Crippen molar-refractivity contribution in [1.82, 2.24) is 10.2 Å². The quantitative estimate of drug-likeness (QED) is 0.744. The number of amides is 3. The van der Waals surface area contributed by atoms with Gasteiger partial charge in [0.15, 0.2) is 0 Å². The number of imide groups is 1. The maximum atomic E-state index is 12.8. The predicted octanol–water partition coefficient (Wildman–Crippen LogP) is 3.06. The minimum atomic E-state index is -0.639. The highest BCUT2D eigenvalue weighted by molar-refractivity contribution is 9.10. The summed E-state index contributed by atoms with van der Waals surface area (Å²) in [6, 6.07) is 9.19. The Labute approximate surface area is 164 Å². The number of nitriles is 1. The van der Waals surface area contributed by atoms with Crippen LogP contribution in [0, 0.1) is 11.3 Å². The number of benzene rings is 1. The van der Waals surface area contributed by atoms with E-state index in [-0.39, 0.29) is 6.03 Å². The Morgan fingerprint density at radius 2 is 1.88 bits per heavy atom. The lowest BCUT2D eigenvalue weighted by Crippen LogP contribution is -2.48. The second kappa shape index (κ2) is 8.14. The first kappa shape index (κ1) is 18.8. The Bertz CT molecular complexity index is 781. The van der Waals surface area contributed by atoms with Crippen molar-refractivity contribution < 1.29 is 9.59 Å². The Kier molecular flexibility index (Phi) is 5.89. The van der Waals surface area contributed by atoms with Gasteiger partial charge in [-0.05, 0) is 37.0 Å². The highest BCUT2D eigenvalue weighted by Crippen LogP contribution is 2.45. The van der Waals surface area contributed by atoms with Crippen LogP contribution in [-0.4, -0.2) is 35.2 Å². The maximum absolute atomic E-state index is 12.8. The molecule has 2 heterocycles. The van der Waals surface area contributed by atoms with Crippen LogP contribution in [0.5, 0.6) is 0 Å². The summed E-state index contributed by atoms with van der Waals surface area (Å²) in [5, 5.41) is 11.7. The third-order valence-corrected chi connectivity index (χ3v) is 6.36. The van der Waals surface area contributed by atoms with Gasteiger partial charge < -0.3 is 10.6 Å². The number of hydrogen-bond acceptors (Lipinski definition) is 5. The third kappa shape index (κ3) is 3.89. The first-order valence-electron chi connectivity index (χ1n) is 8.43. The van der Waals surface area contributed by atoms with Crippen LogP contribution >= 0.6 is 27.7 Å². The fourth-order valence-electron chi connectivity index (χ4n) is 3.27. The molecule has 0 bridgehead atoms. The van der Waals surface area contributed by atoms with E-state index < -0.39 is 17.1 Å². The Balaban J connectivity index is 1.79. The van der Waals surface area contributed by atoms with Crippen molar-refractivity contribution in [3.05, 3.63) is 44.9 Å². The number of allylic oxidation sites excluding steroid dienone is 1. The summed E-state index contributed by atoms with van der Waals surface area (Å²) >= 11 is 4.53. The molecule has 1 aromatic carbocycles. The van der Waals surface area contributed by atoms with E-state index in [1.165, 1.54) is 0 Å². The Hall–Kier alpha value is -1.98. The van der Waals surface area contributed by atoms with E-state index in [0.29, 0.717) is 23.7 Å². The summed E-state index contributed by atoms with van der Waals surface area (Å²) in [6.45, 7) is 1.33. The molecule has 136 valence electrons. The lowest BCUT2D eigenvalue weighted by Gasteiger charge is -2.27. The molecular weight excluding hydrogens is 416 g/mol. The van der Waals surface area contributed by atoms with Gasteiger partial charge >= 0.3 is 6.03 Å². The van der Waals surface area contributed by atoms with Gasteiger partial charge in [-0.2, -0.15) is 5.26 Å². The van der Waals surface area contributed by atoms with Gasteiger partial charge in [0, 0.05) is 23.5 Å². The van der Waals surface area contributed by atoms with Crippen LogP contribution in [0.2, 0.25) is 0 Å². The molecule has 0 saturated carbocycles. The van der Waals surface area contributed by atoms with Crippen LogP contribution in [0.15, 0.2) is 39.3 Å². The number of thioether (sulfide) groups is 1. The number of nitrogens with one attached hydrogen (secondary N) is 1. The fourth-order valence-corrected chi connectivity index (χ4v) is 4.70. The van der Waals surface area contributed by atoms with Gasteiger partial charge in [-0.25, -0.2) is 4.79 Å². The largest absolute Gasteiger partial charge is 0.393 e. The van der Waals surface area contributed by atoms with Crippen LogP contribution < -0.4 is 11.1 Å². The zero-order chi connectivity index (χ0) is 18.7. The monoisotopic (exact) mass is 434 g/mol. The van der Waals surface area contributed by atoms with Crippen molar-refractivity contribution in [3.63, 3.8) is 0 Å². The van der Waals surface area contributed by atoms with Crippen molar-refractivity contribution >= 4 is 39.6 Å². The maximum Gasteiger partial charge on any atom is 0.324 e. The normalized spacial score (nSPS) is 22.8. The van der Waals surface area contributed by atoms with E-state index in [9.17, 15) is 14.9 Å². The van der Waals surface area contributed by atoms with Crippen LogP contribution in [0.25, 0.3) is 0 Å². The number of carbonyl (C=O) groups is 2. The van der Waals surface area contributed by atoms with Gasteiger partial charge in [0.05, 0.1) is 16.7 Å². The van der Waals surface area contributed by atoms with Gasteiger partial charge in [-0.3, -0.25) is 10.1 Å². The lowest BCUT2D eigenvalue weighted by molar-refractivity contribution is -0.119. The summed E-state index contributed by atoms with van der Waals surface area (Å²) < 4.78 is 0.906. The molecule has 0 spiro atoms. The molecule has 1 saturated heterocycles. The van der Waals surface area contributed by atoms with E-state index in [1.807, 2.05) is 24.3 Å². The van der Waals surface area contributed by atoms with E-state index in [2.05, 4.69) is 27.3 Å². The number of halogens is 1. The summed E-state index contributed by atoms with van der Waals surface area (Å²) in [7, 11) is 0. The third-order valence-electron chi connectivity index (χ3n) is 4.61. The number of rotatable bonds is 2. The van der Waals surface area contributed by atoms with Crippen molar-refractivity contribution in [2.75, 3.05) is 13.1 Å². The molecule has 0 aromatic heterocycles. The molecule has 1 aromatic rings. The highest BCUT2D eigenvalue weighted by atomic mass is 79.9. The van der Waals surface area contributed by atoms with Crippen LogP contribution in [-0.2, 0) is 4.79 Å². The number of urea groups is 1. The number of nitrogens with zero attached hydrogens (tertiary/aromatic N) is 2. The Morgan fingerprint density at radius 1 is 1.23 bits per heavy atom.